The van der Waals surface area contributed by atoms with Gasteiger partial charge in [-0.1, -0.05) is 12.1 Å². The molecule has 0 saturated heterocycles. The van der Waals surface area contributed by atoms with Gasteiger partial charge in [0.05, 0.1) is 11.1 Å². The SMILES string of the molecule is CN(C)c1noc(-c2cccc(CNc3ccc4[nH]nc(C(=O)O)c4c3)c2F)n1. The van der Waals surface area contributed by atoms with Crippen molar-refractivity contribution in [3.63, 3.8) is 0 Å². The van der Waals surface area contributed by atoms with Crippen LogP contribution in [-0.2, 0) is 6.54 Å². The van der Waals surface area contributed by atoms with Crippen LogP contribution >= 0.6 is 0 Å². The highest BCUT2D eigenvalue weighted by molar-refractivity contribution is 6.01. The summed E-state index contributed by atoms with van der Waals surface area (Å²) >= 11 is 0. The van der Waals surface area contributed by atoms with Crippen molar-refractivity contribution >= 4 is 28.5 Å². The van der Waals surface area contributed by atoms with Gasteiger partial charge >= 0.3 is 5.97 Å². The van der Waals surface area contributed by atoms with E-state index in [0.29, 0.717) is 28.1 Å². The van der Waals surface area contributed by atoms with Crippen LogP contribution in [0, 0.1) is 5.82 Å². The zero-order valence-electron chi connectivity index (χ0n) is 15.6. The second-order valence-electron chi connectivity index (χ2n) is 6.56. The Morgan fingerprint density at radius 1 is 1.31 bits per heavy atom. The maximum atomic E-state index is 15.0. The molecule has 0 unspecified atom stereocenters. The number of nitrogens with one attached hydrogen (secondary N) is 2. The van der Waals surface area contributed by atoms with Gasteiger partial charge in [-0.2, -0.15) is 10.1 Å². The summed E-state index contributed by atoms with van der Waals surface area (Å²) in [7, 11) is 3.52. The summed E-state index contributed by atoms with van der Waals surface area (Å²) < 4.78 is 20.1. The van der Waals surface area contributed by atoms with Crippen molar-refractivity contribution in [2.24, 2.45) is 0 Å². The van der Waals surface area contributed by atoms with Crippen LogP contribution in [0.3, 0.4) is 0 Å². The van der Waals surface area contributed by atoms with Gasteiger partial charge in [0.25, 0.3) is 11.8 Å². The lowest BCUT2D eigenvalue weighted by molar-refractivity contribution is 0.0692. The van der Waals surface area contributed by atoms with Gasteiger partial charge in [-0.15, -0.1) is 0 Å². The van der Waals surface area contributed by atoms with E-state index < -0.39 is 11.8 Å². The monoisotopic (exact) mass is 396 g/mol. The van der Waals surface area contributed by atoms with Crippen LogP contribution in [0.5, 0.6) is 0 Å². The van der Waals surface area contributed by atoms with Gasteiger partial charge in [0.15, 0.2) is 5.69 Å². The van der Waals surface area contributed by atoms with Crippen molar-refractivity contribution in [1.29, 1.82) is 0 Å². The molecule has 2 aromatic carbocycles. The Morgan fingerprint density at radius 2 is 2.14 bits per heavy atom. The zero-order valence-corrected chi connectivity index (χ0v) is 15.6. The van der Waals surface area contributed by atoms with Crippen molar-refractivity contribution in [1.82, 2.24) is 20.3 Å². The number of aromatic amines is 1. The molecule has 0 amide bonds. The normalized spacial score (nSPS) is 11.0. The number of rotatable bonds is 6. The van der Waals surface area contributed by atoms with Crippen LogP contribution in [0.15, 0.2) is 40.9 Å². The number of carboxylic acids is 1. The van der Waals surface area contributed by atoms with E-state index in [9.17, 15) is 14.3 Å². The Kier molecular flexibility index (Phi) is 4.59. The minimum absolute atomic E-state index is 0.0649. The highest BCUT2D eigenvalue weighted by atomic mass is 19.1. The topological polar surface area (TPSA) is 120 Å². The second kappa shape index (κ2) is 7.23. The van der Waals surface area contributed by atoms with Crippen LogP contribution in [-0.4, -0.2) is 45.5 Å². The molecule has 9 nitrogen and oxygen atoms in total. The van der Waals surface area contributed by atoms with E-state index >= 15 is 0 Å². The lowest BCUT2D eigenvalue weighted by Crippen LogP contribution is -2.10. The molecule has 4 aromatic rings. The van der Waals surface area contributed by atoms with Crippen LogP contribution in [0.1, 0.15) is 16.1 Å². The van der Waals surface area contributed by atoms with Crippen LogP contribution in [0.25, 0.3) is 22.4 Å². The van der Waals surface area contributed by atoms with Gasteiger partial charge in [-0.25, -0.2) is 9.18 Å². The number of aromatic nitrogens is 4. The molecule has 0 radical (unpaired) electrons. The zero-order chi connectivity index (χ0) is 20.5. The fourth-order valence-electron chi connectivity index (χ4n) is 2.87. The summed E-state index contributed by atoms with van der Waals surface area (Å²) in [5, 5.41) is 23.0. The maximum absolute atomic E-state index is 15.0. The van der Waals surface area contributed by atoms with Crippen molar-refractivity contribution in [2.45, 2.75) is 6.54 Å². The molecule has 0 bridgehead atoms. The molecule has 0 aliphatic heterocycles. The fourth-order valence-corrected chi connectivity index (χ4v) is 2.87. The first-order chi connectivity index (χ1) is 13.9. The first kappa shape index (κ1) is 18.4. The number of carbonyl (C=O) groups is 1. The highest BCUT2D eigenvalue weighted by Crippen LogP contribution is 2.26. The lowest BCUT2D eigenvalue weighted by atomic mass is 10.1. The number of anilines is 2. The van der Waals surface area contributed by atoms with Gasteiger partial charge < -0.3 is 19.8 Å². The van der Waals surface area contributed by atoms with Crippen molar-refractivity contribution < 1.29 is 18.8 Å². The smallest absolute Gasteiger partial charge is 0.357 e. The van der Waals surface area contributed by atoms with E-state index in [1.807, 2.05) is 0 Å². The van der Waals surface area contributed by atoms with Gasteiger partial charge in [-0.3, -0.25) is 5.10 Å². The average Bonchev–Trinajstić information content (AvgIpc) is 3.34. The number of carboxylic acid groups (broad SMARTS) is 1. The first-order valence-electron chi connectivity index (χ1n) is 8.68. The fraction of sp³-hybridized carbons (Fsp3) is 0.158. The van der Waals surface area contributed by atoms with Gasteiger partial charge in [0, 0.05) is 37.3 Å². The molecule has 0 saturated carbocycles. The minimum Gasteiger partial charge on any atom is -0.476 e. The molecule has 0 spiro atoms. The Bertz CT molecular complexity index is 1200. The number of nitrogens with zero attached hydrogens (tertiary/aromatic N) is 4. The number of H-pyrrole nitrogens is 1. The van der Waals surface area contributed by atoms with E-state index in [4.69, 9.17) is 4.52 Å². The van der Waals surface area contributed by atoms with Crippen LogP contribution in [0.2, 0.25) is 0 Å². The van der Waals surface area contributed by atoms with Crippen molar-refractivity contribution in [2.75, 3.05) is 24.3 Å². The van der Waals surface area contributed by atoms with E-state index in [2.05, 4.69) is 25.7 Å². The predicted molar refractivity (Wildman–Crippen MR) is 104 cm³/mol. The number of benzene rings is 2. The van der Waals surface area contributed by atoms with Gasteiger partial charge in [-0.05, 0) is 29.4 Å². The molecule has 2 aromatic heterocycles. The molecule has 0 fully saturated rings. The molecular weight excluding hydrogens is 379 g/mol. The Balaban J connectivity index is 1.58. The molecule has 4 rings (SSSR count). The Hall–Kier alpha value is -3.95. The second-order valence-corrected chi connectivity index (χ2v) is 6.56. The van der Waals surface area contributed by atoms with Gasteiger partial charge in [0.1, 0.15) is 5.82 Å². The van der Waals surface area contributed by atoms with Crippen molar-refractivity contribution in [3.05, 3.63) is 53.5 Å². The lowest BCUT2D eigenvalue weighted by Gasteiger charge is -2.09. The third-order valence-corrected chi connectivity index (χ3v) is 4.37. The number of hydrogen-bond donors (Lipinski definition) is 3. The molecule has 3 N–H and O–H groups in total. The van der Waals surface area contributed by atoms with Crippen LogP contribution < -0.4 is 10.2 Å². The van der Waals surface area contributed by atoms with Crippen LogP contribution in [0.4, 0.5) is 16.0 Å². The van der Waals surface area contributed by atoms with Gasteiger partial charge in [0.2, 0.25) is 0 Å². The van der Waals surface area contributed by atoms with E-state index in [0.717, 1.165) is 0 Å². The molecule has 148 valence electrons. The van der Waals surface area contributed by atoms with Crippen molar-refractivity contribution in [3.8, 4) is 11.5 Å². The number of aromatic carboxylic acids is 1. The summed E-state index contributed by atoms with van der Waals surface area (Å²) in [4.78, 5) is 17.1. The molecule has 10 heteroatoms. The minimum atomic E-state index is -1.12. The summed E-state index contributed by atoms with van der Waals surface area (Å²) in [5.41, 5.74) is 1.79. The number of hydrogen-bond acceptors (Lipinski definition) is 7. The number of fused-ring (bicyclic) bond motifs is 1. The average molecular weight is 396 g/mol. The van der Waals surface area contributed by atoms with E-state index in [1.54, 1.807) is 55.4 Å². The Morgan fingerprint density at radius 3 is 2.86 bits per heavy atom. The summed E-state index contributed by atoms with van der Waals surface area (Å²) in [6.07, 6.45) is 0. The highest BCUT2D eigenvalue weighted by Gasteiger charge is 2.17. The molecule has 0 aliphatic carbocycles. The van der Waals surface area contributed by atoms with E-state index in [-0.39, 0.29) is 23.7 Å². The third kappa shape index (κ3) is 3.47. The predicted octanol–water partition coefficient (Wildman–Crippen LogP) is 3.13. The summed E-state index contributed by atoms with van der Waals surface area (Å²) in [6.45, 7) is 0.181. The first-order valence-corrected chi connectivity index (χ1v) is 8.68. The molecule has 2 heterocycles. The largest absolute Gasteiger partial charge is 0.476 e. The number of halogens is 1. The molecule has 29 heavy (non-hydrogen) atoms. The molecular formula is C19H17FN6O3. The summed E-state index contributed by atoms with van der Waals surface area (Å²) in [6, 6.07) is 10.1. The maximum Gasteiger partial charge on any atom is 0.357 e. The molecule has 0 aliphatic rings. The third-order valence-electron chi connectivity index (χ3n) is 4.37. The quantitative estimate of drug-likeness (QED) is 0.455. The molecule has 0 atom stereocenters. The standard InChI is InChI=1S/C19H17FN6O3/c1-26(2)19-22-17(29-25-19)12-5-3-4-10(15(12)20)9-21-11-6-7-14-13(8-11)16(18(27)28)24-23-14/h3-8,21H,9H2,1-2H3,(H,23,24)(H,27,28). The Labute approximate surface area is 164 Å². The van der Waals surface area contributed by atoms with E-state index in [1.165, 1.54) is 0 Å². The summed E-state index contributed by atoms with van der Waals surface area (Å²) in [5.74, 6) is -1.14.